The van der Waals surface area contributed by atoms with E-state index in [1.165, 1.54) is 0 Å². The Morgan fingerprint density at radius 2 is 2.12 bits per heavy atom. The fourth-order valence-electron chi connectivity index (χ4n) is 2.45. The van der Waals surface area contributed by atoms with Crippen LogP contribution in [0.25, 0.3) is 0 Å². The van der Waals surface area contributed by atoms with Crippen LogP contribution in [0.1, 0.15) is 52.9 Å². The van der Waals surface area contributed by atoms with Crippen LogP contribution in [0.2, 0.25) is 0 Å². The van der Waals surface area contributed by atoms with Crippen molar-refractivity contribution >= 4 is 10.8 Å². The lowest BCUT2D eigenvalue weighted by Gasteiger charge is -2.33. The van der Waals surface area contributed by atoms with Gasteiger partial charge >= 0.3 is 0 Å². The first-order chi connectivity index (χ1) is 7.63. The fraction of sp³-hybridized carbons (Fsp3) is 0.923. The zero-order valence-corrected chi connectivity index (χ0v) is 11.4. The van der Waals surface area contributed by atoms with Crippen LogP contribution in [-0.4, -0.2) is 14.7 Å². The second-order valence-electron chi connectivity index (χ2n) is 4.91. The molecule has 0 aromatic rings. The van der Waals surface area contributed by atoms with E-state index >= 15 is 0 Å². The highest BCUT2D eigenvalue weighted by molar-refractivity contribution is 7.86. The van der Waals surface area contributed by atoms with E-state index in [1.54, 1.807) is 0 Å². The van der Waals surface area contributed by atoms with Gasteiger partial charge in [-0.2, -0.15) is 5.26 Å². The van der Waals surface area contributed by atoms with Gasteiger partial charge in [0.05, 0.1) is 17.2 Å². The maximum Gasteiger partial charge on any atom is 0.0668 e. The Hall–Kier alpha value is -0.360. The van der Waals surface area contributed by atoms with Crippen LogP contribution in [-0.2, 0) is 10.8 Å². The standard InChI is InChI=1S/C13H23NOS/c1-4-10(3)16(15)13-8-11(5-2)6-7-12(13)9-14/h10-13H,4-8H2,1-3H3. The first-order valence-corrected chi connectivity index (χ1v) is 7.70. The smallest absolute Gasteiger partial charge is 0.0668 e. The van der Waals surface area contributed by atoms with Gasteiger partial charge in [0.2, 0.25) is 0 Å². The van der Waals surface area contributed by atoms with Crippen molar-refractivity contribution in [1.29, 1.82) is 5.26 Å². The minimum Gasteiger partial charge on any atom is -0.259 e. The minimum absolute atomic E-state index is 0.0256. The second kappa shape index (κ2) is 6.39. The average molecular weight is 241 g/mol. The molecule has 1 rings (SSSR count). The molecule has 1 aliphatic carbocycles. The first-order valence-electron chi connectivity index (χ1n) is 6.42. The normalized spacial score (nSPS) is 34.0. The largest absolute Gasteiger partial charge is 0.259 e. The van der Waals surface area contributed by atoms with Crippen molar-refractivity contribution in [2.24, 2.45) is 11.8 Å². The summed E-state index contributed by atoms with van der Waals surface area (Å²) in [6.45, 7) is 6.31. The number of hydrogen-bond donors (Lipinski definition) is 0. The monoisotopic (exact) mass is 241 g/mol. The summed E-state index contributed by atoms with van der Waals surface area (Å²) in [6.07, 6.45) is 5.18. The van der Waals surface area contributed by atoms with Crippen molar-refractivity contribution in [3.05, 3.63) is 0 Å². The molecule has 0 saturated heterocycles. The zero-order valence-electron chi connectivity index (χ0n) is 10.6. The topological polar surface area (TPSA) is 40.9 Å². The fourth-order valence-corrected chi connectivity index (χ4v) is 4.36. The highest BCUT2D eigenvalue weighted by atomic mass is 32.2. The summed E-state index contributed by atoms with van der Waals surface area (Å²) in [5, 5.41) is 9.50. The molecule has 1 saturated carbocycles. The van der Waals surface area contributed by atoms with Gasteiger partial charge < -0.3 is 0 Å². The number of rotatable bonds is 4. The average Bonchev–Trinajstić information content (AvgIpc) is 2.35. The van der Waals surface area contributed by atoms with Gasteiger partial charge in [-0.15, -0.1) is 0 Å². The molecule has 0 aromatic heterocycles. The molecule has 0 spiro atoms. The third kappa shape index (κ3) is 3.07. The Morgan fingerprint density at radius 3 is 2.62 bits per heavy atom. The summed E-state index contributed by atoms with van der Waals surface area (Å²) < 4.78 is 12.3. The lowest BCUT2D eigenvalue weighted by atomic mass is 9.81. The van der Waals surface area contributed by atoms with Gasteiger partial charge in [0.1, 0.15) is 0 Å². The van der Waals surface area contributed by atoms with Crippen LogP contribution in [0.15, 0.2) is 0 Å². The lowest BCUT2D eigenvalue weighted by Crippen LogP contribution is -2.35. The Kier molecular flexibility index (Phi) is 5.48. The summed E-state index contributed by atoms with van der Waals surface area (Å²) >= 11 is 0. The van der Waals surface area contributed by atoms with E-state index in [4.69, 9.17) is 5.26 Å². The Balaban J connectivity index is 2.72. The predicted octanol–water partition coefficient (Wildman–Crippen LogP) is 3.25. The van der Waals surface area contributed by atoms with Crippen molar-refractivity contribution in [3.63, 3.8) is 0 Å². The number of nitriles is 1. The summed E-state index contributed by atoms with van der Waals surface area (Å²) in [5.74, 6) is 0.709. The molecule has 2 nitrogen and oxygen atoms in total. The van der Waals surface area contributed by atoms with Crippen LogP contribution in [0.5, 0.6) is 0 Å². The SMILES string of the molecule is CCC1CCC(C#N)C(S(=O)C(C)CC)C1. The molecule has 0 radical (unpaired) electrons. The van der Waals surface area contributed by atoms with Crippen molar-refractivity contribution in [2.45, 2.75) is 63.4 Å². The van der Waals surface area contributed by atoms with E-state index in [1.807, 2.05) is 6.92 Å². The molecule has 0 heterocycles. The van der Waals surface area contributed by atoms with Crippen LogP contribution >= 0.6 is 0 Å². The third-order valence-corrected chi connectivity index (χ3v) is 6.16. The van der Waals surface area contributed by atoms with Gasteiger partial charge in [0.25, 0.3) is 0 Å². The highest BCUT2D eigenvalue weighted by Gasteiger charge is 2.35. The van der Waals surface area contributed by atoms with Crippen molar-refractivity contribution in [3.8, 4) is 6.07 Å². The van der Waals surface area contributed by atoms with Crippen LogP contribution < -0.4 is 0 Å². The molecular weight excluding hydrogens is 218 g/mol. The lowest BCUT2D eigenvalue weighted by molar-refractivity contribution is 0.312. The van der Waals surface area contributed by atoms with Crippen LogP contribution in [0, 0.1) is 23.2 Å². The molecule has 1 aliphatic rings. The molecule has 0 N–H and O–H groups in total. The quantitative estimate of drug-likeness (QED) is 0.758. The summed E-state index contributed by atoms with van der Waals surface area (Å²) in [7, 11) is -0.826. The van der Waals surface area contributed by atoms with E-state index < -0.39 is 10.8 Å². The number of hydrogen-bond acceptors (Lipinski definition) is 2. The molecule has 1 fully saturated rings. The molecule has 16 heavy (non-hydrogen) atoms. The van der Waals surface area contributed by atoms with Gasteiger partial charge in [-0.05, 0) is 31.6 Å². The van der Waals surface area contributed by atoms with E-state index in [0.29, 0.717) is 5.92 Å². The maximum absolute atomic E-state index is 12.3. The van der Waals surface area contributed by atoms with E-state index in [9.17, 15) is 4.21 Å². The molecular formula is C13H23NOS. The summed E-state index contributed by atoms with van der Waals surface area (Å²) in [5.41, 5.74) is 0. The molecule has 92 valence electrons. The van der Waals surface area contributed by atoms with Gasteiger partial charge in [-0.25, -0.2) is 0 Å². The predicted molar refractivity (Wildman–Crippen MR) is 68.4 cm³/mol. The minimum atomic E-state index is -0.826. The van der Waals surface area contributed by atoms with Crippen molar-refractivity contribution in [2.75, 3.05) is 0 Å². The van der Waals surface area contributed by atoms with Crippen molar-refractivity contribution < 1.29 is 4.21 Å². The molecule has 5 unspecified atom stereocenters. The number of nitrogens with zero attached hydrogens (tertiary/aromatic N) is 1. The van der Waals surface area contributed by atoms with Gasteiger partial charge in [-0.1, -0.05) is 27.2 Å². The highest BCUT2D eigenvalue weighted by Crippen LogP contribution is 2.34. The zero-order chi connectivity index (χ0) is 12.1. The van der Waals surface area contributed by atoms with Gasteiger partial charge in [-0.3, -0.25) is 4.21 Å². The Labute approximate surface area is 102 Å². The molecule has 0 aliphatic heterocycles. The summed E-state index contributed by atoms with van der Waals surface area (Å²) in [6, 6.07) is 2.37. The Morgan fingerprint density at radius 1 is 1.44 bits per heavy atom. The van der Waals surface area contributed by atoms with Gasteiger partial charge in [0.15, 0.2) is 0 Å². The third-order valence-electron chi connectivity index (χ3n) is 3.91. The summed E-state index contributed by atoms with van der Waals surface area (Å²) in [4.78, 5) is 0. The van der Waals surface area contributed by atoms with E-state index in [-0.39, 0.29) is 16.4 Å². The first kappa shape index (κ1) is 13.7. The Bertz CT molecular complexity index is 284. The molecule has 0 amide bonds. The molecule has 0 bridgehead atoms. The van der Waals surface area contributed by atoms with Gasteiger partial charge in [0, 0.05) is 16.0 Å². The van der Waals surface area contributed by atoms with E-state index in [0.717, 1.165) is 32.1 Å². The van der Waals surface area contributed by atoms with E-state index in [2.05, 4.69) is 19.9 Å². The molecule has 0 aromatic carbocycles. The van der Waals surface area contributed by atoms with Crippen LogP contribution in [0.3, 0.4) is 0 Å². The van der Waals surface area contributed by atoms with Crippen molar-refractivity contribution in [1.82, 2.24) is 0 Å². The molecule has 3 heteroatoms. The molecule has 5 atom stereocenters. The van der Waals surface area contributed by atoms with Crippen LogP contribution in [0.4, 0.5) is 0 Å². The second-order valence-corrected chi connectivity index (χ2v) is 6.98. The maximum atomic E-state index is 12.3.